The molecule has 122 valence electrons. The van der Waals surface area contributed by atoms with Crippen LogP contribution in [0, 0.1) is 0 Å². The summed E-state index contributed by atoms with van der Waals surface area (Å²) in [7, 11) is 0. The first kappa shape index (κ1) is 15.7. The lowest BCUT2D eigenvalue weighted by atomic mass is 9.98. The third-order valence-electron chi connectivity index (χ3n) is 3.76. The van der Waals surface area contributed by atoms with Gasteiger partial charge in [-0.3, -0.25) is 0 Å². The molecule has 1 aromatic rings. The van der Waals surface area contributed by atoms with Gasteiger partial charge in [0.1, 0.15) is 17.3 Å². The molecule has 4 heteroatoms. The third-order valence-corrected chi connectivity index (χ3v) is 3.76. The molecule has 0 saturated carbocycles. The number of benzene rings is 1. The summed E-state index contributed by atoms with van der Waals surface area (Å²) in [5.41, 5.74) is 7.59. The zero-order valence-corrected chi connectivity index (χ0v) is 13.8. The van der Waals surface area contributed by atoms with Crippen molar-refractivity contribution in [3.05, 3.63) is 59.6 Å². The Morgan fingerprint density at radius 1 is 1.17 bits per heavy atom. The van der Waals surface area contributed by atoms with Crippen LogP contribution in [0.4, 0.5) is 5.69 Å². The first-order valence-electron chi connectivity index (χ1n) is 7.95. The van der Waals surface area contributed by atoms with Crippen molar-refractivity contribution in [3.63, 3.8) is 0 Å². The van der Waals surface area contributed by atoms with E-state index in [1.807, 2.05) is 51.1 Å². The van der Waals surface area contributed by atoms with E-state index >= 15 is 0 Å². The third kappa shape index (κ3) is 3.77. The maximum Gasteiger partial charge on any atom is 0.211 e. The molecular weight excluding hydrogens is 290 g/mol. The van der Waals surface area contributed by atoms with Gasteiger partial charge in [0.25, 0.3) is 0 Å². The van der Waals surface area contributed by atoms with Crippen molar-refractivity contribution in [3.8, 4) is 5.75 Å². The normalized spacial score (nSPS) is 23.4. The minimum Gasteiger partial charge on any atom is -0.462 e. The highest BCUT2D eigenvalue weighted by Gasteiger charge is 2.34. The number of allylic oxidation sites excluding steroid dienone is 3. The van der Waals surface area contributed by atoms with E-state index in [1.165, 1.54) is 5.57 Å². The van der Waals surface area contributed by atoms with E-state index in [0.29, 0.717) is 0 Å². The summed E-state index contributed by atoms with van der Waals surface area (Å²) >= 11 is 0. The average Bonchev–Trinajstić information content (AvgIpc) is 2.48. The molecular formula is C19H23NO3. The molecule has 0 radical (unpaired) electrons. The highest BCUT2D eigenvalue weighted by molar-refractivity contribution is 5.44. The van der Waals surface area contributed by atoms with Crippen molar-refractivity contribution in [1.82, 2.24) is 0 Å². The zero-order chi connectivity index (χ0) is 16.4. The number of nitrogen functional groups attached to an aromatic ring is 1. The van der Waals surface area contributed by atoms with Crippen LogP contribution in [0.5, 0.6) is 5.75 Å². The predicted octanol–water partition coefficient (Wildman–Crippen LogP) is 4.31. The highest BCUT2D eigenvalue weighted by Crippen LogP contribution is 2.37. The van der Waals surface area contributed by atoms with Gasteiger partial charge in [-0.1, -0.05) is 6.08 Å². The Hall–Kier alpha value is -2.20. The second kappa shape index (κ2) is 6.13. The molecule has 0 aromatic heterocycles. The zero-order valence-electron chi connectivity index (χ0n) is 13.8. The van der Waals surface area contributed by atoms with Crippen LogP contribution >= 0.6 is 0 Å². The standard InChI is InChI=1S/C19H23NO3/c1-13(2)22-19(3)11-10-14-4-7-17(12-18(14)23-19)21-16-8-5-15(20)6-9-16/h5-10,12-13H,4,11,20H2,1-3H3. The number of ether oxygens (including phenoxy) is 3. The van der Waals surface area contributed by atoms with Crippen LogP contribution in [-0.4, -0.2) is 11.9 Å². The monoisotopic (exact) mass is 313 g/mol. The van der Waals surface area contributed by atoms with Crippen LogP contribution in [0.3, 0.4) is 0 Å². The Labute approximate surface area is 137 Å². The first-order valence-corrected chi connectivity index (χ1v) is 7.95. The first-order chi connectivity index (χ1) is 10.9. The Balaban J connectivity index is 1.75. The van der Waals surface area contributed by atoms with Gasteiger partial charge < -0.3 is 19.9 Å². The van der Waals surface area contributed by atoms with Crippen LogP contribution in [0.15, 0.2) is 59.6 Å². The van der Waals surface area contributed by atoms with E-state index in [0.717, 1.165) is 35.8 Å². The molecule has 0 amide bonds. The highest BCUT2D eigenvalue weighted by atomic mass is 16.7. The largest absolute Gasteiger partial charge is 0.462 e. The predicted molar refractivity (Wildman–Crippen MR) is 90.7 cm³/mol. The van der Waals surface area contributed by atoms with Gasteiger partial charge >= 0.3 is 0 Å². The Kier molecular flexibility index (Phi) is 4.18. The van der Waals surface area contributed by atoms with Crippen LogP contribution in [0.1, 0.15) is 33.6 Å². The number of fused-ring (bicyclic) bond motifs is 1. The van der Waals surface area contributed by atoms with Gasteiger partial charge in [-0.15, -0.1) is 0 Å². The lowest BCUT2D eigenvalue weighted by Crippen LogP contribution is -2.37. The van der Waals surface area contributed by atoms with Gasteiger partial charge in [0.2, 0.25) is 5.79 Å². The van der Waals surface area contributed by atoms with Crippen LogP contribution in [0.2, 0.25) is 0 Å². The molecule has 0 bridgehead atoms. The smallest absolute Gasteiger partial charge is 0.211 e. The molecule has 1 aromatic carbocycles. The fourth-order valence-electron chi connectivity index (χ4n) is 2.77. The SMILES string of the molecule is CC(C)OC1(C)CC=C2CC=C(Oc3ccc(N)cc3)C=C2O1. The molecule has 1 unspecified atom stereocenters. The minimum absolute atomic E-state index is 0.111. The molecule has 2 aliphatic rings. The molecule has 3 rings (SSSR count). The number of anilines is 1. The van der Waals surface area contributed by atoms with Gasteiger partial charge in [-0.25, -0.2) is 0 Å². The molecule has 4 nitrogen and oxygen atoms in total. The lowest BCUT2D eigenvalue weighted by molar-refractivity contribution is -0.222. The van der Waals surface area contributed by atoms with Gasteiger partial charge in [-0.2, -0.15) is 0 Å². The summed E-state index contributed by atoms with van der Waals surface area (Å²) < 4.78 is 17.9. The second-order valence-corrected chi connectivity index (χ2v) is 6.33. The summed E-state index contributed by atoms with van der Waals surface area (Å²) in [6.45, 7) is 6.00. The van der Waals surface area contributed by atoms with Crippen molar-refractivity contribution in [1.29, 1.82) is 0 Å². The molecule has 23 heavy (non-hydrogen) atoms. The average molecular weight is 313 g/mol. The van der Waals surface area contributed by atoms with E-state index in [9.17, 15) is 0 Å². The Morgan fingerprint density at radius 3 is 2.61 bits per heavy atom. The summed E-state index contributed by atoms with van der Waals surface area (Å²) in [5, 5.41) is 0. The number of hydrogen-bond acceptors (Lipinski definition) is 4. The molecule has 1 heterocycles. The van der Waals surface area contributed by atoms with Crippen molar-refractivity contribution in [2.24, 2.45) is 0 Å². The molecule has 1 atom stereocenters. The van der Waals surface area contributed by atoms with Gasteiger partial charge in [0.15, 0.2) is 0 Å². The van der Waals surface area contributed by atoms with E-state index < -0.39 is 5.79 Å². The van der Waals surface area contributed by atoms with Crippen molar-refractivity contribution >= 4 is 5.69 Å². The Bertz CT molecular complexity index is 670. The minimum atomic E-state index is -0.618. The quantitative estimate of drug-likeness (QED) is 0.842. The van der Waals surface area contributed by atoms with Crippen molar-refractivity contribution in [2.45, 2.75) is 45.5 Å². The molecule has 2 N–H and O–H groups in total. The van der Waals surface area contributed by atoms with Crippen LogP contribution in [0.25, 0.3) is 0 Å². The molecule has 1 aliphatic heterocycles. The summed E-state index contributed by atoms with van der Waals surface area (Å²) in [6.07, 6.45) is 7.83. The van der Waals surface area contributed by atoms with E-state index in [2.05, 4.69) is 12.2 Å². The van der Waals surface area contributed by atoms with E-state index in [-0.39, 0.29) is 6.10 Å². The number of nitrogens with two attached hydrogens (primary N) is 1. The molecule has 0 fully saturated rings. The molecule has 0 saturated heterocycles. The number of rotatable bonds is 4. The fraction of sp³-hybridized carbons (Fsp3) is 0.368. The molecule has 0 spiro atoms. The fourth-order valence-corrected chi connectivity index (χ4v) is 2.77. The van der Waals surface area contributed by atoms with E-state index in [4.69, 9.17) is 19.9 Å². The summed E-state index contributed by atoms with van der Waals surface area (Å²) in [5.74, 6) is 1.74. The topological polar surface area (TPSA) is 53.7 Å². The summed E-state index contributed by atoms with van der Waals surface area (Å²) in [6, 6.07) is 7.35. The van der Waals surface area contributed by atoms with Gasteiger partial charge in [-0.05, 0) is 56.2 Å². The van der Waals surface area contributed by atoms with E-state index in [1.54, 1.807) is 0 Å². The maximum absolute atomic E-state index is 6.11. The van der Waals surface area contributed by atoms with Crippen LogP contribution < -0.4 is 10.5 Å². The Morgan fingerprint density at radius 2 is 1.91 bits per heavy atom. The maximum atomic E-state index is 6.11. The summed E-state index contributed by atoms with van der Waals surface area (Å²) in [4.78, 5) is 0. The number of hydrogen-bond donors (Lipinski definition) is 1. The lowest BCUT2D eigenvalue weighted by Gasteiger charge is -2.37. The van der Waals surface area contributed by atoms with Crippen molar-refractivity contribution in [2.75, 3.05) is 5.73 Å². The second-order valence-electron chi connectivity index (χ2n) is 6.33. The van der Waals surface area contributed by atoms with Gasteiger partial charge in [0.05, 0.1) is 6.10 Å². The molecule has 1 aliphatic carbocycles. The van der Waals surface area contributed by atoms with Crippen molar-refractivity contribution < 1.29 is 14.2 Å². The van der Waals surface area contributed by atoms with Gasteiger partial charge in [0, 0.05) is 25.1 Å². The van der Waals surface area contributed by atoms with Crippen LogP contribution in [-0.2, 0) is 9.47 Å².